The first-order valence-corrected chi connectivity index (χ1v) is 14.9. The van der Waals surface area contributed by atoms with E-state index >= 15 is 0 Å². The summed E-state index contributed by atoms with van der Waals surface area (Å²) in [5.74, 6) is 0.987. The normalized spacial score (nSPS) is 19.0. The lowest BCUT2D eigenvalue weighted by Crippen LogP contribution is -2.57. The van der Waals surface area contributed by atoms with E-state index in [-0.39, 0.29) is 6.61 Å². The van der Waals surface area contributed by atoms with E-state index in [0.29, 0.717) is 5.41 Å². The highest BCUT2D eigenvalue weighted by atomic mass is 32.1. The minimum absolute atomic E-state index is 0.210. The van der Waals surface area contributed by atoms with E-state index in [2.05, 4.69) is 65.4 Å². The minimum Gasteiger partial charge on any atom is -0.493 e. The summed E-state index contributed by atoms with van der Waals surface area (Å²) in [6, 6.07) is 13.0. The van der Waals surface area contributed by atoms with Gasteiger partial charge in [0, 0.05) is 68.1 Å². The monoisotopic (exact) mass is 532 g/mol. The molecule has 6 rings (SSSR count). The number of aromatic nitrogens is 1. The summed E-state index contributed by atoms with van der Waals surface area (Å²) in [6.07, 6.45) is 3.35. The Balaban J connectivity index is 1.13. The molecule has 1 aromatic heterocycles. The zero-order valence-electron chi connectivity index (χ0n) is 22.8. The average molecular weight is 533 g/mol. The maximum atomic E-state index is 9.33. The molecule has 2 N–H and O–H groups in total. The number of β-amino-alcohol motifs (C(OH)–C–C–N with tert-alkyl or cyclic N) is 1. The Kier molecular flexibility index (Phi) is 7.56. The number of ether oxygens (including phenoxy) is 1. The summed E-state index contributed by atoms with van der Waals surface area (Å²) in [5.41, 5.74) is 7.95. The van der Waals surface area contributed by atoms with Crippen LogP contribution >= 0.6 is 11.3 Å². The highest BCUT2D eigenvalue weighted by Crippen LogP contribution is 2.39. The fourth-order valence-electron chi connectivity index (χ4n) is 6.51. The molecule has 2 saturated heterocycles. The number of hydrogen-bond donors (Lipinski definition) is 2. The number of nitrogens with zero attached hydrogens (tertiary/aromatic N) is 3. The van der Waals surface area contributed by atoms with Gasteiger partial charge < -0.3 is 20.1 Å². The number of aliphatic hydroxyl groups is 1. The van der Waals surface area contributed by atoms with Gasteiger partial charge >= 0.3 is 0 Å². The maximum Gasteiger partial charge on any atom is 0.124 e. The molecule has 0 aliphatic carbocycles. The Morgan fingerprint density at radius 1 is 1.03 bits per heavy atom. The molecular formula is C31H40N4O2S. The van der Waals surface area contributed by atoms with Crippen LogP contribution in [0.5, 0.6) is 5.75 Å². The number of hydrogen-bond acceptors (Lipinski definition) is 7. The number of fused-ring (bicyclic) bond motifs is 1. The molecule has 0 radical (unpaired) electrons. The average Bonchev–Trinajstić information content (AvgIpc) is 3.55. The molecule has 2 aromatic carbocycles. The van der Waals surface area contributed by atoms with Crippen LogP contribution in [0.3, 0.4) is 0 Å². The zero-order chi connectivity index (χ0) is 26.1. The molecule has 7 heteroatoms. The summed E-state index contributed by atoms with van der Waals surface area (Å²) < 4.78 is 6.30. The molecule has 3 aromatic rings. The summed E-state index contributed by atoms with van der Waals surface area (Å²) >= 11 is 1.81. The van der Waals surface area contributed by atoms with Crippen LogP contribution < -0.4 is 10.1 Å². The lowest BCUT2D eigenvalue weighted by atomic mass is 9.79. The van der Waals surface area contributed by atoms with Gasteiger partial charge in [0.1, 0.15) is 10.8 Å². The molecule has 0 atom stereocenters. The largest absolute Gasteiger partial charge is 0.493 e. The van der Waals surface area contributed by atoms with Crippen LogP contribution in [0, 0.1) is 19.3 Å². The van der Waals surface area contributed by atoms with Gasteiger partial charge in [-0.1, -0.05) is 30.3 Å². The van der Waals surface area contributed by atoms with Gasteiger partial charge in [-0.3, -0.25) is 4.90 Å². The van der Waals surface area contributed by atoms with Crippen LogP contribution in [0.4, 0.5) is 0 Å². The minimum atomic E-state index is 0.210. The van der Waals surface area contributed by atoms with Gasteiger partial charge in [-0.15, -0.1) is 11.3 Å². The third-order valence-electron chi connectivity index (χ3n) is 8.69. The Bertz CT molecular complexity index is 1270. The fraction of sp³-hybridized carbons (Fsp3) is 0.516. The summed E-state index contributed by atoms with van der Waals surface area (Å²) in [6.45, 7) is 13.9. The van der Waals surface area contributed by atoms with Gasteiger partial charge in [0.05, 0.1) is 18.9 Å². The first-order chi connectivity index (χ1) is 18.5. The number of rotatable bonds is 9. The number of benzene rings is 2. The molecule has 3 aliphatic rings. The first kappa shape index (κ1) is 26.0. The predicted molar refractivity (Wildman–Crippen MR) is 155 cm³/mol. The van der Waals surface area contributed by atoms with Crippen LogP contribution in [-0.2, 0) is 13.0 Å². The molecule has 2 fully saturated rings. The highest BCUT2D eigenvalue weighted by Gasteiger charge is 2.44. The Morgan fingerprint density at radius 2 is 1.82 bits per heavy atom. The van der Waals surface area contributed by atoms with Gasteiger partial charge in [0.2, 0.25) is 0 Å². The van der Waals surface area contributed by atoms with Crippen LogP contribution in [0.2, 0.25) is 0 Å². The second-order valence-electron chi connectivity index (χ2n) is 11.4. The van der Waals surface area contributed by atoms with Crippen molar-refractivity contribution >= 4 is 11.3 Å². The molecule has 1 spiro atoms. The summed E-state index contributed by atoms with van der Waals surface area (Å²) in [5, 5.41) is 14.0. The van der Waals surface area contributed by atoms with E-state index in [1.165, 1.54) is 71.0 Å². The topological polar surface area (TPSA) is 60.9 Å². The van der Waals surface area contributed by atoms with Gasteiger partial charge in [-0.2, -0.15) is 0 Å². The lowest BCUT2D eigenvalue weighted by Gasteiger charge is -2.48. The Morgan fingerprint density at radius 3 is 2.61 bits per heavy atom. The number of nitrogens with one attached hydrogen (secondary N) is 1. The second kappa shape index (κ2) is 11.1. The van der Waals surface area contributed by atoms with Crippen molar-refractivity contribution in [3.63, 3.8) is 0 Å². The van der Waals surface area contributed by atoms with Crippen LogP contribution in [0.25, 0.3) is 21.7 Å². The molecule has 0 amide bonds. The van der Waals surface area contributed by atoms with Crippen molar-refractivity contribution in [2.75, 3.05) is 59.0 Å². The van der Waals surface area contributed by atoms with E-state index in [1.54, 1.807) is 11.3 Å². The van der Waals surface area contributed by atoms with Crippen molar-refractivity contribution in [1.29, 1.82) is 0 Å². The van der Waals surface area contributed by atoms with Crippen molar-refractivity contribution in [2.45, 2.75) is 39.7 Å². The molecule has 0 unspecified atom stereocenters. The quantitative estimate of drug-likeness (QED) is 0.396. The van der Waals surface area contributed by atoms with E-state index < -0.39 is 0 Å². The number of likely N-dealkylation sites (tertiary alicyclic amines) is 1. The van der Waals surface area contributed by atoms with Crippen LogP contribution in [-0.4, -0.2) is 78.9 Å². The predicted octanol–water partition coefficient (Wildman–Crippen LogP) is 4.51. The second-order valence-corrected chi connectivity index (χ2v) is 12.5. The third kappa shape index (κ3) is 5.15. The fourth-order valence-corrected chi connectivity index (χ4v) is 7.75. The number of thiazole rings is 1. The summed E-state index contributed by atoms with van der Waals surface area (Å²) in [4.78, 5) is 11.3. The Labute approximate surface area is 230 Å². The van der Waals surface area contributed by atoms with Crippen LogP contribution in [0.1, 0.15) is 34.5 Å². The van der Waals surface area contributed by atoms with E-state index in [0.717, 1.165) is 56.4 Å². The molecule has 0 bridgehead atoms. The standard InChI is InChI=1S/C31H40N4O2S/c1-22-24(6-3-8-26(22)30-33-27-10-14-34(15-16-36)18-29(27)38-30)25-7-4-9-28(23(25)2)37-17-5-13-35-20-31(21-35)11-12-32-19-31/h3-4,6-9,32,36H,5,10-21H2,1-2H3. The van der Waals surface area contributed by atoms with Crippen molar-refractivity contribution in [3.05, 3.63) is 58.1 Å². The van der Waals surface area contributed by atoms with Gasteiger partial charge in [-0.05, 0) is 61.6 Å². The molecule has 38 heavy (non-hydrogen) atoms. The molecular weight excluding hydrogens is 492 g/mol. The third-order valence-corrected chi connectivity index (χ3v) is 9.81. The van der Waals surface area contributed by atoms with Gasteiger partial charge in [0.25, 0.3) is 0 Å². The zero-order valence-corrected chi connectivity index (χ0v) is 23.6. The van der Waals surface area contributed by atoms with Crippen molar-refractivity contribution < 1.29 is 9.84 Å². The van der Waals surface area contributed by atoms with E-state index in [1.807, 2.05) is 0 Å². The van der Waals surface area contributed by atoms with Gasteiger partial charge in [-0.25, -0.2) is 4.98 Å². The van der Waals surface area contributed by atoms with Crippen molar-refractivity contribution in [1.82, 2.24) is 20.1 Å². The molecule has 0 saturated carbocycles. The molecule has 6 nitrogen and oxygen atoms in total. The Hall–Kier alpha value is -2.29. The smallest absolute Gasteiger partial charge is 0.124 e. The summed E-state index contributed by atoms with van der Waals surface area (Å²) in [7, 11) is 0. The SMILES string of the molecule is Cc1c(OCCCN2CC3(CCNC3)C2)cccc1-c1cccc(-c2nc3c(s2)CN(CCO)CC3)c1C. The molecule has 4 heterocycles. The first-order valence-electron chi connectivity index (χ1n) is 14.1. The van der Waals surface area contributed by atoms with Crippen molar-refractivity contribution in [3.8, 4) is 27.4 Å². The van der Waals surface area contributed by atoms with E-state index in [9.17, 15) is 5.11 Å². The van der Waals surface area contributed by atoms with E-state index in [4.69, 9.17) is 9.72 Å². The highest BCUT2D eigenvalue weighted by molar-refractivity contribution is 7.15. The lowest BCUT2D eigenvalue weighted by molar-refractivity contribution is 0.0138. The number of aliphatic hydroxyl groups excluding tert-OH is 1. The van der Waals surface area contributed by atoms with Gasteiger partial charge in [0.15, 0.2) is 0 Å². The molecule has 202 valence electrons. The van der Waals surface area contributed by atoms with Crippen LogP contribution in [0.15, 0.2) is 36.4 Å². The molecule has 3 aliphatic heterocycles. The van der Waals surface area contributed by atoms with Crippen molar-refractivity contribution in [2.24, 2.45) is 5.41 Å². The maximum absolute atomic E-state index is 9.33.